The molecule has 0 unspecified atom stereocenters. The van der Waals surface area contributed by atoms with Crippen LogP contribution in [0.15, 0.2) is 46.2 Å². The number of nitrogens with zero attached hydrogens (tertiary/aromatic N) is 1. The second-order valence-electron chi connectivity index (χ2n) is 7.72. The normalized spacial score (nSPS) is 17.5. The lowest BCUT2D eigenvalue weighted by Crippen LogP contribution is -2.35. The average molecular weight is 451 g/mol. The molecule has 2 aliphatic rings. The standard InChI is InChI=1S/C21H26N2O5S2/c1-28-20-11-9-18(15-21(20)30(26,27)23-12-3-2-4-13-23)22-29(24,25)19-10-8-16-6-5-7-17(16)14-19/h8-11,14-15,22H,2-7,12-13H2,1H3. The lowest BCUT2D eigenvalue weighted by molar-refractivity contribution is 0.343. The van der Waals surface area contributed by atoms with Gasteiger partial charge in [-0.1, -0.05) is 12.5 Å². The lowest BCUT2D eigenvalue weighted by atomic mass is 10.1. The fourth-order valence-corrected chi connectivity index (χ4v) is 6.91. The predicted molar refractivity (Wildman–Crippen MR) is 115 cm³/mol. The van der Waals surface area contributed by atoms with Crippen LogP contribution in [0.1, 0.15) is 36.8 Å². The Morgan fingerprint density at radius 2 is 1.60 bits per heavy atom. The van der Waals surface area contributed by atoms with Gasteiger partial charge in [0.05, 0.1) is 17.7 Å². The zero-order valence-corrected chi connectivity index (χ0v) is 18.6. The second-order valence-corrected chi connectivity index (χ2v) is 11.3. The highest BCUT2D eigenvalue weighted by Gasteiger charge is 2.29. The minimum atomic E-state index is -3.84. The van der Waals surface area contributed by atoms with Gasteiger partial charge in [0.25, 0.3) is 10.0 Å². The van der Waals surface area contributed by atoms with E-state index in [0.29, 0.717) is 13.1 Å². The maximum atomic E-state index is 13.2. The van der Waals surface area contributed by atoms with Crippen molar-refractivity contribution in [2.75, 3.05) is 24.9 Å². The van der Waals surface area contributed by atoms with E-state index in [9.17, 15) is 16.8 Å². The molecule has 1 aliphatic heterocycles. The maximum Gasteiger partial charge on any atom is 0.261 e. The third-order valence-electron chi connectivity index (χ3n) is 5.73. The van der Waals surface area contributed by atoms with Crippen LogP contribution in [0.2, 0.25) is 0 Å². The minimum absolute atomic E-state index is 0.0268. The molecule has 2 aromatic rings. The number of sulfonamides is 2. The van der Waals surface area contributed by atoms with Gasteiger partial charge in [0.1, 0.15) is 10.6 Å². The topological polar surface area (TPSA) is 92.8 Å². The molecule has 0 bridgehead atoms. The van der Waals surface area contributed by atoms with Crippen molar-refractivity contribution in [3.63, 3.8) is 0 Å². The zero-order chi connectivity index (χ0) is 21.4. The molecule has 1 saturated heterocycles. The maximum absolute atomic E-state index is 13.2. The lowest BCUT2D eigenvalue weighted by Gasteiger charge is -2.26. The number of methoxy groups -OCH3 is 1. The van der Waals surface area contributed by atoms with Gasteiger partial charge >= 0.3 is 0 Å². The summed E-state index contributed by atoms with van der Waals surface area (Å²) in [5.41, 5.74) is 2.43. The summed E-state index contributed by atoms with van der Waals surface area (Å²) in [4.78, 5) is 0.153. The number of rotatable bonds is 6. The van der Waals surface area contributed by atoms with Gasteiger partial charge < -0.3 is 4.74 Å². The van der Waals surface area contributed by atoms with E-state index in [1.54, 1.807) is 12.1 Å². The molecule has 162 valence electrons. The largest absolute Gasteiger partial charge is 0.495 e. The SMILES string of the molecule is COc1ccc(NS(=O)(=O)c2ccc3c(c2)CCC3)cc1S(=O)(=O)N1CCCCC1. The summed E-state index contributed by atoms with van der Waals surface area (Å²) in [6, 6.07) is 9.50. The quantitative estimate of drug-likeness (QED) is 0.730. The van der Waals surface area contributed by atoms with E-state index < -0.39 is 20.0 Å². The monoisotopic (exact) mass is 450 g/mol. The third kappa shape index (κ3) is 4.06. The summed E-state index contributed by atoms with van der Waals surface area (Å²) >= 11 is 0. The molecule has 1 heterocycles. The minimum Gasteiger partial charge on any atom is -0.495 e. The van der Waals surface area contributed by atoms with E-state index in [1.165, 1.54) is 35.2 Å². The van der Waals surface area contributed by atoms with Crippen molar-refractivity contribution >= 4 is 25.7 Å². The Bertz CT molecular complexity index is 1150. The van der Waals surface area contributed by atoms with Crippen LogP contribution in [-0.4, -0.2) is 41.3 Å². The first-order chi connectivity index (χ1) is 14.3. The number of piperidine rings is 1. The molecule has 0 aromatic heterocycles. The van der Waals surface area contributed by atoms with Gasteiger partial charge in [0.15, 0.2) is 0 Å². The van der Waals surface area contributed by atoms with Gasteiger partial charge in [-0.2, -0.15) is 4.31 Å². The van der Waals surface area contributed by atoms with Crippen molar-refractivity contribution in [2.24, 2.45) is 0 Å². The van der Waals surface area contributed by atoms with Crippen LogP contribution >= 0.6 is 0 Å². The van der Waals surface area contributed by atoms with E-state index in [1.807, 2.05) is 6.07 Å². The molecule has 1 fully saturated rings. The van der Waals surface area contributed by atoms with Crippen LogP contribution < -0.4 is 9.46 Å². The number of fused-ring (bicyclic) bond motifs is 1. The Kier molecular flexibility index (Phi) is 5.78. The number of hydrogen-bond acceptors (Lipinski definition) is 5. The number of ether oxygens (including phenoxy) is 1. The van der Waals surface area contributed by atoms with Crippen LogP contribution in [0.3, 0.4) is 0 Å². The Morgan fingerprint density at radius 1 is 0.867 bits per heavy atom. The molecule has 9 heteroatoms. The highest BCUT2D eigenvalue weighted by molar-refractivity contribution is 7.92. The van der Waals surface area contributed by atoms with Gasteiger partial charge in [-0.25, -0.2) is 16.8 Å². The van der Waals surface area contributed by atoms with Crippen molar-refractivity contribution in [1.29, 1.82) is 0 Å². The summed E-state index contributed by atoms with van der Waals surface area (Å²) < 4.78 is 61.4. The van der Waals surface area contributed by atoms with Crippen molar-refractivity contribution < 1.29 is 21.6 Å². The van der Waals surface area contributed by atoms with E-state index in [2.05, 4.69) is 4.72 Å². The molecule has 7 nitrogen and oxygen atoms in total. The molecule has 4 rings (SSSR count). The smallest absolute Gasteiger partial charge is 0.261 e. The summed E-state index contributed by atoms with van der Waals surface area (Å²) in [7, 11) is -6.22. The third-order valence-corrected chi connectivity index (χ3v) is 9.03. The average Bonchev–Trinajstić information content (AvgIpc) is 3.22. The van der Waals surface area contributed by atoms with Crippen LogP contribution in [0.5, 0.6) is 5.75 Å². The number of benzene rings is 2. The van der Waals surface area contributed by atoms with Crippen molar-refractivity contribution in [3.8, 4) is 5.75 Å². The van der Waals surface area contributed by atoms with Gasteiger partial charge in [0.2, 0.25) is 10.0 Å². The fraction of sp³-hybridized carbons (Fsp3) is 0.429. The van der Waals surface area contributed by atoms with E-state index >= 15 is 0 Å². The van der Waals surface area contributed by atoms with Crippen molar-refractivity contribution in [3.05, 3.63) is 47.5 Å². The fourth-order valence-electron chi connectivity index (χ4n) is 4.12. The number of nitrogens with one attached hydrogen (secondary N) is 1. The number of aryl methyl sites for hydroxylation is 2. The molecule has 1 aliphatic carbocycles. The molecule has 0 amide bonds. The van der Waals surface area contributed by atoms with Crippen LogP contribution in [0.4, 0.5) is 5.69 Å². The zero-order valence-electron chi connectivity index (χ0n) is 16.9. The summed E-state index contributed by atoms with van der Waals surface area (Å²) in [5.74, 6) is 0.195. The van der Waals surface area contributed by atoms with Gasteiger partial charge in [-0.3, -0.25) is 4.72 Å². The second kappa shape index (κ2) is 8.20. The molecule has 1 N–H and O–H groups in total. The predicted octanol–water partition coefficient (Wildman–Crippen LogP) is 3.16. The van der Waals surface area contributed by atoms with Crippen LogP contribution in [0, 0.1) is 0 Å². The summed E-state index contributed by atoms with van der Waals surface area (Å²) in [5, 5.41) is 0. The first kappa shape index (κ1) is 21.1. The van der Waals surface area contributed by atoms with Crippen LogP contribution in [-0.2, 0) is 32.9 Å². The highest BCUT2D eigenvalue weighted by atomic mass is 32.2. The Hall–Kier alpha value is -2.10. The molecule has 2 aromatic carbocycles. The van der Waals surface area contributed by atoms with E-state index in [4.69, 9.17) is 4.74 Å². The number of hydrogen-bond donors (Lipinski definition) is 1. The van der Waals surface area contributed by atoms with E-state index in [0.717, 1.165) is 44.1 Å². The molecule has 30 heavy (non-hydrogen) atoms. The molecular weight excluding hydrogens is 424 g/mol. The van der Waals surface area contributed by atoms with Gasteiger partial charge in [0, 0.05) is 13.1 Å². The first-order valence-electron chi connectivity index (χ1n) is 10.1. The molecule has 0 spiro atoms. The summed E-state index contributed by atoms with van der Waals surface area (Å²) in [6.07, 6.45) is 5.50. The Balaban J connectivity index is 1.66. The van der Waals surface area contributed by atoms with Crippen LogP contribution in [0.25, 0.3) is 0 Å². The van der Waals surface area contributed by atoms with Gasteiger partial charge in [-0.05, 0) is 73.6 Å². The molecule has 0 saturated carbocycles. The summed E-state index contributed by atoms with van der Waals surface area (Å²) in [6.45, 7) is 0.910. The molecule has 0 atom stereocenters. The van der Waals surface area contributed by atoms with Crippen molar-refractivity contribution in [2.45, 2.75) is 48.3 Å². The first-order valence-corrected chi connectivity index (χ1v) is 13.1. The molecule has 0 radical (unpaired) electrons. The Morgan fingerprint density at radius 3 is 2.33 bits per heavy atom. The number of anilines is 1. The molecular formula is C21H26N2O5S2. The highest BCUT2D eigenvalue weighted by Crippen LogP contribution is 2.32. The van der Waals surface area contributed by atoms with Crippen molar-refractivity contribution in [1.82, 2.24) is 4.31 Å². The van der Waals surface area contributed by atoms with Gasteiger partial charge in [-0.15, -0.1) is 0 Å². The van der Waals surface area contributed by atoms with E-state index in [-0.39, 0.29) is 21.2 Å². The Labute approximate surface area is 178 Å².